The van der Waals surface area contributed by atoms with E-state index in [0.717, 1.165) is 63.4 Å². The number of rotatable bonds is 10. The number of aromatic nitrogens is 4. The zero-order valence-corrected chi connectivity index (χ0v) is 27.1. The van der Waals surface area contributed by atoms with Gasteiger partial charge in [0.25, 0.3) is 0 Å². The second-order valence-electron chi connectivity index (χ2n) is 12.7. The molecule has 0 aromatic carbocycles. The fourth-order valence-corrected chi connectivity index (χ4v) is 6.23. The number of halogens is 3. The van der Waals surface area contributed by atoms with Crippen LogP contribution in [0.4, 0.5) is 30.9 Å². The fourth-order valence-electron chi connectivity index (χ4n) is 6.23. The lowest BCUT2D eigenvalue weighted by Crippen LogP contribution is -2.49. The number of amides is 1. The minimum atomic E-state index is -4.67. The highest BCUT2D eigenvalue weighted by Gasteiger charge is 2.36. The number of allylic oxidation sites excluding steroid dienone is 2. The van der Waals surface area contributed by atoms with Gasteiger partial charge in [0.05, 0.1) is 24.3 Å². The van der Waals surface area contributed by atoms with E-state index >= 15 is 0 Å². The molecule has 5 heterocycles. The van der Waals surface area contributed by atoms with Gasteiger partial charge in [-0.15, -0.1) is 0 Å². The molecule has 2 aromatic heterocycles. The van der Waals surface area contributed by atoms with Crippen LogP contribution in [0.3, 0.4) is 0 Å². The molecule has 3 saturated heterocycles. The number of hydrogen-bond acceptors (Lipinski definition) is 11. The van der Waals surface area contributed by atoms with Gasteiger partial charge < -0.3 is 25.2 Å². The van der Waals surface area contributed by atoms with Crippen molar-refractivity contribution < 1.29 is 27.5 Å². The molecule has 0 unspecified atom stereocenters. The molecule has 0 saturated carbocycles. The van der Waals surface area contributed by atoms with E-state index in [-0.39, 0.29) is 28.9 Å². The average Bonchev–Trinajstić information content (AvgIpc) is 3.05. The predicted octanol–water partition coefficient (Wildman–Crippen LogP) is 3.44. The van der Waals surface area contributed by atoms with Crippen LogP contribution in [-0.2, 0) is 20.5 Å². The van der Waals surface area contributed by atoms with E-state index in [0.29, 0.717) is 76.5 Å². The summed E-state index contributed by atoms with van der Waals surface area (Å²) < 4.78 is 47.5. The summed E-state index contributed by atoms with van der Waals surface area (Å²) in [5, 5.41) is 0. The van der Waals surface area contributed by atoms with Crippen molar-refractivity contribution in [3.63, 3.8) is 0 Å². The maximum Gasteiger partial charge on any atom is 0.417 e. The first kappa shape index (κ1) is 34.5. The number of piperidine rings is 1. The smallest absolute Gasteiger partial charge is 0.384 e. The van der Waals surface area contributed by atoms with E-state index in [2.05, 4.69) is 19.9 Å². The normalized spacial score (nSPS) is 18.4. The Bertz CT molecular complexity index is 1430. The Balaban J connectivity index is 1.18. The Labute approximate surface area is 273 Å². The molecule has 12 nitrogen and oxygen atoms in total. The summed E-state index contributed by atoms with van der Waals surface area (Å²) >= 11 is 0. The number of hydrogen-bond donors (Lipinski definition) is 1. The Morgan fingerprint density at radius 3 is 2.19 bits per heavy atom. The quantitative estimate of drug-likeness (QED) is 0.376. The van der Waals surface area contributed by atoms with Gasteiger partial charge in [0.2, 0.25) is 17.8 Å². The first-order chi connectivity index (χ1) is 22.5. The zero-order chi connectivity index (χ0) is 33.6. The van der Waals surface area contributed by atoms with Gasteiger partial charge in [-0.05, 0) is 51.2 Å². The van der Waals surface area contributed by atoms with Crippen LogP contribution in [0.25, 0.3) is 11.4 Å². The van der Waals surface area contributed by atoms with Crippen molar-refractivity contribution >= 4 is 29.4 Å². The standard InChI is InChI=1S/C32H44F3N9O3/c1-22(2)18-24(45)4-3-5-28(46)42-8-6-23(7-9-42)21-41-10-12-43(13-11-41)30-38-29(39-31(40-30)44-14-16-47-17-15-44)25-20-37-27(36)19-26(25)32(33,34)35/h18-20,23H,3-17,21H2,1-2H3,(H2,36,37). The molecule has 15 heteroatoms. The van der Waals surface area contributed by atoms with Crippen molar-refractivity contribution in [3.8, 4) is 11.4 Å². The van der Waals surface area contributed by atoms with E-state index < -0.39 is 11.7 Å². The largest absolute Gasteiger partial charge is 0.417 e. The Morgan fingerprint density at radius 2 is 1.57 bits per heavy atom. The van der Waals surface area contributed by atoms with Crippen LogP contribution >= 0.6 is 0 Å². The highest BCUT2D eigenvalue weighted by atomic mass is 19.4. The highest BCUT2D eigenvalue weighted by molar-refractivity contribution is 5.90. The average molecular weight is 660 g/mol. The summed E-state index contributed by atoms with van der Waals surface area (Å²) in [5.74, 6) is 0.963. The molecular weight excluding hydrogens is 615 g/mol. The number of anilines is 3. The van der Waals surface area contributed by atoms with Crippen molar-refractivity contribution in [2.75, 3.05) is 87.7 Å². The third-order valence-corrected chi connectivity index (χ3v) is 8.78. The van der Waals surface area contributed by atoms with Crippen LogP contribution in [0.15, 0.2) is 23.9 Å². The number of pyridine rings is 1. The van der Waals surface area contributed by atoms with Crippen molar-refractivity contribution in [3.05, 3.63) is 29.5 Å². The Hall–Kier alpha value is -3.85. The zero-order valence-electron chi connectivity index (χ0n) is 27.1. The van der Waals surface area contributed by atoms with Gasteiger partial charge in [0.1, 0.15) is 5.82 Å². The van der Waals surface area contributed by atoms with Crippen LogP contribution in [0.1, 0.15) is 51.5 Å². The lowest BCUT2D eigenvalue weighted by Gasteiger charge is -2.39. The van der Waals surface area contributed by atoms with Crippen LogP contribution in [0.2, 0.25) is 0 Å². The topological polar surface area (TPSA) is 134 Å². The third-order valence-electron chi connectivity index (χ3n) is 8.78. The molecule has 0 atom stereocenters. The molecule has 0 radical (unpaired) electrons. The van der Waals surface area contributed by atoms with E-state index in [4.69, 9.17) is 15.5 Å². The third kappa shape index (κ3) is 9.37. The van der Waals surface area contributed by atoms with Gasteiger partial charge in [-0.3, -0.25) is 14.5 Å². The maximum absolute atomic E-state index is 14.0. The van der Waals surface area contributed by atoms with Gasteiger partial charge >= 0.3 is 6.18 Å². The lowest BCUT2D eigenvalue weighted by atomic mass is 9.95. The van der Waals surface area contributed by atoms with E-state index in [9.17, 15) is 22.8 Å². The second kappa shape index (κ2) is 15.4. The van der Waals surface area contributed by atoms with Gasteiger partial charge in [-0.25, -0.2) is 4.98 Å². The summed E-state index contributed by atoms with van der Waals surface area (Å²) in [6, 6.07) is 0.807. The van der Waals surface area contributed by atoms with Crippen molar-refractivity contribution in [2.45, 2.75) is 52.1 Å². The monoisotopic (exact) mass is 659 g/mol. The minimum Gasteiger partial charge on any atom is -0.384 e. The molecule has 256 valence electrons. The number of alkyl halides is 3. The number of carbonyl (C=O) groups is 2. The predicted molar refractivity (Wildman–Crippen MR) is 172 cm³/mol. The molecule has 0 spiro atoms. The summed E-state index contributed by atoms with van der Waals surface area (Å²) in [6.45, 7) is 10.9. The Morgan fingerprint density at radius 1 is 0.936 bits per heavy atom. The van der Waals surface area contributed by atoms with Crippen LogP contribution in [-0.4, -0.2) is 114 Å². The highest BCUT2D eigenvalue weighted by Crippen LogP contribution is 2.37. The molecular formula is C32H44F3N9O3. The lowest BCUT2D eigenvalue weighted by molar-refractivity contribution is -0.137. The summed E-state index contributed by atoms with van der Waals surface area (Å²) in [4.78, 5) is 50.4. The van der Waals surface area contributed by atoms with Crippen molar-refractivity contribution in [1.82, 2.24) is 29.7 Å². The number of nitrogens with zero attached hydrogens (tertiary/aromatic N) is 8. The molecule has 0 aliphatic carbocycles. The number of nitrogen functional groups attached to an aromatic ring is 1. The first-order valence-electron chi connectivity index (χ1n) is 16.3. The van der Waals surface area contributed by atoms with Gasteiger partial charge in [0, 0.05) is 77.9 Å². The van der Waals surface area contributed by atoms with E-state index in [1.54, 1.807) is 6.08 Å². The second-order valence-corrected chi connectivity index (χ2v) is 12.7. The van der Waals surface area contributed by atoms with E-state index in [1.165, 1.54) is 0 Å². The van der Waals surface area contributed by atoms with Crippen molar-refractivity contribution in [1.29, 1.82) is 0 Å². The molecule has 3 aliphatic heterocycles. The number of ketones is 1. The Kier molecular flexibility index (Phi) is 11.3. The summed E-state index contributed by atoms with van der Waals surface area (Å²) in [6.07, 6.45) is 1.26. The molecule has 47 heavy (non-hydrogen) atoms. The number of carbonyl (C=O) groups excluding carboxylic acids is 2. The molecule has 2 N–H and O–H groups in total. The summed E-state index contributed by atoms with van der Waals surface area (Å²) in [5.41, 5.74) is 5.39. The summed E-state index contributed by atoms with van der Waals surface area (Å²) in [7, 11) is 0. The van der Waals surface area contributed by atoms with E-state index in [1.807, 2.05) is 28.5 Å². The molecule has 3 fully saturated rings. The van der Waals surface area contributed by atoms with Crippen LogP contribution < -0.4 is 15.5 Å². The number of ether oxygens (including phenoxy) is 1. The maximum atomic E-state index is 14.0. The van der Waals surface area contributed by atoms with Gasteiger partial charge in [-0.1, -0.05) is 5.57 Å². The van der Waals surface area contributed by atoms with Gasteiger partial charge in [-0.2, -0.15) is 28.1 Å². The van der Waals surface area contributed by atoms with Crippen molar-refractivity contribution in [2.24, 2.45) is 5.92 Å². The number of nitrogens with two attached hydrogens (primary N) is 1. The molecule has 3 aliphatic rings. The van der Waals surface area contributed by atoms with Gasteiger partial charge in [0.15, 0.2) is 11.6 Å². The first-order valence-corrected chi connectivity index (χ1v) is 16.3. The number of piperazine rings is 1. The molecule has 0 bridgehead atoms. The van der Waals surface area contributed by atoms with Crippen LogP contribution in [0, 0.1) is 5.92 Å². The fraction of sp³-hybridized carbons (Fsp3) is 0.625. The SMILES string of the molecule is CC(C)=CC(=O)CCCC(=O)N1CCC(CN2CCN(c3nc(-c4cnc(N)cc4C(F)(F)F)nc(N4CCOCC4)n3)CC2)CC1. The molecule has 2 aromatic rings. The van der Waals surface area contributed by atoms with Crippen LogP contribution in [0.5, 0.6) is 0 Å². The minimum absolute atomic E-state index is 0.0692. The molecule has 5 rings (SSSR count). The number of morpholine rings is 1. The number of likely N-dealkylation sites (tertiary alicyclic amines) is 1. The molecule has 1 amide bonds.